The van der Waals surface area contributed by atoms with Crippen LogP contribution in [0, 0.1) is 0 Å². The largest absolute Gasteiger partial charge is 0.497 e. The van der Waals surface area contributed by atoms with E-state index in [4.69, 9.17) is 25.6 Å². The summed E-state index contributed by atoms with van der Waals surface area (Å²) in [7, 11) is 3.17. The van der Waals surface area contributed by atoms with Gasteiger partial charge in [-0.15, -0.1) is 5.10 Å². The number of hydrogen-bond acceptors (Lipinski definition) is 9. The normalized spacial score (nSPS) is 10.9. The number of methoxy groups -OCH3 is 2. The Bertz CT molecular complexity index is 1110. The highest BCUT2D eigenvalue weighted by atomic mass is 35.5. The Kier molecular flexibility index (Phi) is 5.63. The van der Waals surface area contributed by atoms with Gasteiger partial charge in [-0.1, -0.05) is 28.5 Å². The molecule has 2 aromatic carbocycles. The lowest BCUT2D eigenvalue weighted by Crippen LogP contribution is -1.98. The molecule has 0 amide bonds. The maximum Gasteiger partial charge on any atom is 0.237 e. The minimum atomic E-state index is 0.402. The zero-order valence-electron chi connectivity index (χ0n) is 15.4. The number of benzene rings is 2. The summed E-state index contributed by atoms with van der Waals surface area (Å²) in [6, 6.07) is 12.6. The van der Waals surface area contributed by atoms with Crippen molar-refractivity contribution in [1.29, 1.82) is 0 Å². The number of tetrazole rings is 1. The minimum absolute atomic E-state index is 0.402. The van der Waals surface area contributed by atoms with Crippen LogP contribution in [0.25, 0.3) is 17.1 Å². The monoisotopic (exact) mass is 430 g/mol. The third-order valence-electron chi connectivity index (χ3n) is 3.95. The number of aromatic nitrogens is 6. The molecule has 0 radical (unpaired) electrons. The standard InChI is InChI=1S/C18H15ClN6O3S/c1-26-13-7-8-14(15(9-13)27-2)17-20-16(28-22-17)10-29-18-21-23-24-25(18)12-5-3-11(19)4-6-12/h3-9H,10H2,1-2H3. The van der Waals surface area contributed by atoms with E-state index < -0.39 is 0 Å². The van der Waals surface area contributed by atoms with Crippen LogP contribution in [0.4, 0.5) is 0 Å². The fourth-order valence-electron chi connectivity index (χ4n) is 2.55. The molecule has 0 spiro atoms. The fraction of sp³-hybridized carbons (Fsp3) is 0.167. The molecule has 148 valence electrons. The Morgan fingerprint density at radius 3 is 2.69 bits per heavy atom. The number of ether oxygens (including phenoxy) is 2. The van der Waals surface area contributed by atoms with E-state index in [0.717, 1.165) is 5.69 Å². The van der Waals surface area contributed by atoms with E-state index in [1.165, 1.54) is 11.8 Å². The molecule has 0 N–H and O–H groups in total. The highest BCUT2D eigenvalue weighted by molar-refractivity contribution is 7.98. The molecule has 0 aliphatic rings. The quantitative estimate of drug-likeness (QED) is 0.406. The van der Waals surface area contributed by atoms with E-state index in [-0.39, 0.29) is 0 Å². The van der Waals surface area contributed by atoms with Crippen molar-refractivity contribution in [2.75, 3.05) is 14.2 Å². The highest BCUT2D eigenvalue weighted by Crippen LogP contribution is 2.32. The molecule has 0 bridgehead atoms. The second-order valence-electron chi connectivity index (χ2n) is 5.72. The molecule has 0 fully saturated rings. The van der Waals surface area contributed by atoms with Gasteiger partial charge < -0.3 is 14.0 Å². The summed E-state index contributed by atoms with van der Waals surface area (Å²) in [5.74, 6) is 2.54. The van der Waals surface area contributed by atoms with Crippen molar-refractivity contribution in [3.63, 3.8) is 0 Å². The molecule has 0 unspecified atom stereocenters. The van der Waals surface area contributed by atoms with Crippen LogP contribution in [0.3, 0.4) is 0 Å². The van der Waals surface area contributed by atoms with Gasteiger partial charge >= 0.3 is 0 Å². The Labute approximate surface area is 175 Å². The van der Waals surface area contributed by atoms with Gasteiger partial charge in [-0.05, 0) is 46.8 Å². The number of halogens is 1. The maximum atomic E-state index is 5.94. The lowest BCUT2D eigenvalue weighted by molar-refractivity contribution is 0.388. The van der Waals surface area contributed by atoms with Crippen LogP contribution < -0.4 is 9.47 Å². The molecule has 2 heterocycles. The molecule has 0 saturated carbocycles. The SMILES string of the molecule is COc1ccc(-c2noc(CSc3nnnn3-c3ccc(Cl)cc3)n2)c(OC)c1. The van der Waals surface area contributed by atoms with Gasteiger partial charge in [0.2, 0.25) is 16.9 Å². The van der Waals surface area contributed by atoms with Crippen molar-refractivity contribution in [2.24, 2.45) is 0 Å². The summed E-state index contributed by atoms with van der Waals surface area (Å²) in [6.07, 6.45) is 0. The van der Waals surface area contributed by atoms with Gasteiger partial charge in [0.25, 0.3) is 0 Å². The molecule has 4 aromatic rings. The average Bonchev–Trinajstić information content (AvgIpc) is 3.42. The first-order valence-corrected chi connectivity index (χ1v) is 9.76. The fourth-order valence-corrected chi connectivity index (χ4v) is 3.40. The molecule has 0 saturated heterocycles. The molecular weight excluding hydrogens is 416 g/mol. The van der Waals surface area contributed by atoms with E-state index >= 15 is 0 Å². The summed E-state index contributed by atoms with van der Waals surface area (Å²) >= 11 is 7.31. The number of rotatable bonds is 7. The van der Waals surface area contributed by atoms with Gasteiger partial charge in [0.15, 0.2) is 0 Å². The van der Waals surface area contributed by atoms with E-state index in [0.29, 0.717) is 44.7 Å². The van der Waals surface area contributed by atoms with Crippen molar-refractivity contribution >= 4 is 23.4 Å². The van der Waals surface area contributed by atoms with Gasteiger partial charge in [0, 0.05) is 11.1 Å². The summed E-state index contributed by atoms with van der Waals surface area (Å²) in [5.41, 5.74) is 1.51. The van der Waals surface area contributed by atoms with E-state index in [9.17, 15) is 0 Å². The maximum absolute atomic E-state index is 5.94. The van der Waals surface area contributed by atoms with Crippen LogP contribution in [-0.4, -0.2) is 44.6 Å². The van der Waals surface area contributed by atoms with Crippen LogP contribution in [0.1, 0.15) is 5.89 Å². The van der Waals surface area contributed by atoms with Gasteiger partial charge in [-0.2, -0.15) is 9.67 Å². The number of nitrogens with zero attached hydrogens (tertiary/aromatic N) is 6. The second kappa shape index (κ2) is 8.50. The van der Waals surface area contributed by atoms with Crippen molar-refractivity contribution in [2.45, 2.75) is 10.9 Å². The predicted molar refractivity (Wildman–Crippen MR) is 107 cm³/mol. The zero-order valence-corrected chi connectivity index (χ0v) is 17.0. The smallest absolute Gasteiger partial charge is 0.237 e. The van der Waals surface area contributed by atoms with Crippen molar-refractivity contribution in [3.05, 3.63) is 53.4 Å². The van der Waals surface area contributed by atoms with Crippen LogP contribution in [0.15, 0.2) is 52.1 Å². The Morgan fingerprint density at radius 1 is 1.10 bits per heavy atom. The first-order valence-electron chi connectivity index (χ1n) is 8.40. The minimum Gasteiger partial charge on any atom is -0.497 e. The highest BCUT2D eigenvalue weighted by Gasteiger charge is 2.16. The van der Waals surface area contributed by atoms with Crippen LogP contribution in [0.5, 0.6) is 11.5 Å². The number of thioether (sulfide) groups is 1. The van der Waals surface area contributed by atoms with Gasteiger partial charge in [0.1, 0.15) is 11.5 Å². The first kappa shape index (κ1) is 19.2. The third-order valence-corrected chi connectivity index (χ3v) is 5.11. The molecule has 29 heavy (non-hydrogen) atoms. The Hall–Kier alpha value is -3.11. The molecular formula is C18H15ClN6O3S. The van der Waals surface area contributed by atoms with Crippen molar-refractivity contribution in [3.8, 4) is 28.6 Å². The second-order valence-corrected chi connectivity index (χ2v) is 7.10. The topological polar surface area (TPSA) is 101 Å². The summed E-state index contributed by atoms with van der Waals surface area (Å²) in [5, 5.41) is 17.1. The molecule has 11 heteroatoms. The van der Waals surface area contributed by atoms with E-state index in [1.807, 2.05) is 24.3 Å². The Morgan fingerprint density at radius 2 is 1.93 bits per heavy atom. The summed E-state index contributed by atoms with van der Waals surface area (Å²) in [4.78, 5) is 4.44. The molecule has 2 aromatic heterocycles. The third kappa shape index (κ3) is 4.17. The lowest BCUT2D eigenvalue weighted by Gasteiger charge is -2.07. The average molecular weight is 431 g/mol. The Balaban J connectivity index is 1.50. The van der Waals surface area contributed by atoms with Crippen LogP contribution in [-0.2, 0) is 5.75 Å². The molecule has 0 atom stereocenters. The molecule has 4 rings (SSSR count). The summed E-state index contributed by atoms with van der Waals surface area (Å²) < 4.78 is 17.6. The lowest BCUT2D eigenvalue weighted by atomic mass is 10.2. The van der Waals surface area contributed by atoms with Crippen LogP contribution >= 0.6 is 23.4 Å². The van der Waals surface area contributed by atoms with E-state index in [2.05, 4.69) is 25.7 Å². The van der Waals surface area contributed by atoms with E-state index in [1.54, 1.807) is 37.1 Å². The first-order chi connectivity index (χ1) is 14.2. The zero-order chi connectivity index (χ0) is 20.2. The van der Waals surface area contributed by atoms with Crippen molar-refractivity contribution in [1.82, 2.24) is 30.3 Å². The molecule has 0 aliphatic heterocycles. The van der Waals surface area contributed by atoms with Crippen molar-refractivity contribution < 1.29 is 14.0 Å². The molecule has 0 aliphatic carbocycles. The van der Waals surface area contributed by atoms with Gasteiger partial charge in [-0.3, -0.25) is 0 Å². The molecule has 9 nitrogen and oxygen atoms in total. The van der Waals surface area contributed by atoms with Gasteiger partial charge in [-0.25, -0.2) is 0 Å². The van der Waals surface area contributed by atoms with Gasteiger partial charge in [0.05, 0.1) is 31.2 Å². The van der Waals surface area contributed by atoms with Crippen LogP contribution in [0.2, 0.25) is 5.02 Å². The number of hydrogen-bond donors (Lipinski definition) is 0. The predicted octanol–water partition coefficient (Wildman–Crippen LogP) is 3.68. The summed E-state index contributed by atoms with van der Waals surface area (Å²) in [6.45, 7) is 0.